The van der Waals surface area contributed by atoms with Crippen molar-refractivity contribution in [3.05, 3.63) is 34.9 Å². The van der Waals surface area contributed by atoms with E-state index in [2.05, 4.69) is 4.99 Å². The molecule has 0 heterocycles. The van der Waals surface area contributed by atoms with E-state index < -0.39 is 0 Å². The van der Waals surface area contributed by atoms with Crippen LogP contribution in [0.1, 0.15) is 12.5 Å². The predicted molar refractivity (Wildman–Crippen MR) is 72.9 cm³/mol. The van der Waals surface area contributed by atoms with E-state index in [0.717, 1.165) is 11.3 Å². The van der Waals surface area contributed by atoms with Gasteiger partial charge in [0.15, 0.2) is 4.32 Å². The molecule has 0 bridgehead atoms. The molecule has 2 N–H and O–H groups in total. The summed E-state index contributed by atoms with van der Waals surface area (Å²) in [7, 11) is 0. The van der Waals surface area contributed by atoms with Gasteiger partial charge >= 0.3 is 0 Å². The number of rotatable bonds is 2. The topological polar surface area (TPSA) is 38.4 Å². The minimum absolute atomic E-state index is 0.428. The molecular formula is C10H11ClN2S2. The van der Waals surface area contributed by atoms with Crippen LogP contribution in [0.4, 0.5) is 0 Å². The molecule has 0 atom stereocenters. The Morgan fingerprint density at radius 1 is 1.47 bits per heavy atom. The van der Waals surface area contributed by atoms with Crippen LogP contribution in [0.5, 0.6) is 0 Å². The Morgan fingerprint density at radius 3 is 2.60 bits per heavy atom. The molecule has 0 amide bonds. The highest BCUT2D eigenvalue weighted by atomic mass is 35.5. The standard InChI is InChI=1S/C10H11ClN2S2/c1-2-15-10(14)13-9(12)7-3-5-8(11)6-4-7/h3-6H,2H2,1H3,(H2,12,13,14). The largest absolute Gasteiger partial charge is 0.383 e. The monoisotopic (exact) mass is 258 g/mol. The number of nitrogens with two attached hydrogens (primary N) is 1. The van der Waals surface area contributed by atoms with Crippen LogP contribution in [0.2, 0.25) is 5.02 Å². The summed E-state index contributed by atoms with van der Waals surface area (Å²) in [5.41, 5.74) is 6.61. The van der Waals surface area contributed by atoms with Crippen molar-refractivity contribution in [1.29, 1.82) is 0 Å². The first-order chi connectivity index (χ1) is 7.13. The number of hydrogen-bond donors (Lipinski definition) is 1. The summed E-state index contributed by atoms with van der Waals surface area (Å²) in [6.07, 6.45) is 0. The maximum absolute atomic E-state index is 5.78. The average Bonchev–Trinajstić information content (AvgIpc) is 2.18. The van der Waals surface area contributed by atoms with E-state index in [1.807, 2.05) is 19.1 Å². The molecule has 0 fully saturated rings. The fourth-order valence-electron chi connectivity index (χ4n) is 0.939. The van der Waals surface area contributed by atoms with E-state index in [1.54, 1.807) is 12.1 Å². The maximum Gasteiger partial charge on any atom is 0.162 e. The van der Waals surface area contributed by atoms with Crippen molar-refractivity contribution >= 4 is 45.7 Å². The Morgan fingerprint density at radius 2 is 2.07 bits per heavy atom. The molecule has 1 aromatic rings. The van der Waals surface area contributed by atoms with E-state index >= 15 is 0 Å². The fourth-order valence-corrected chi connectivity index (χ4v) is 1.93. The first-order valence-corrected chi connectivity index (χ1v) is 6.17. The third-order valence-corrected chi connectivity index (χ3v) is 2.94. The van der Waals surface area contributed by atoms with Gasteiger partial charge in [0.05, 0.1) is 0 Å². The van der Waals surface area contributed by atoms with Crippen molar-refractivity contribution in [3.8, 4) is 0 Å². The van der Waals surface area contributed by atoms with Crippen molar-refractivity contribution in [2.75, 3.05) is 5.75 Å². The first kappa shape index (κ1) is 12.5. The van der Waals surface area contributed by atoms with Gasteiger partial charge in [0, 0.05) is 10.6 Å². The van der Waals surface area contributed by atoms with Crippen molar-refractivity contribution in [2.24, 2.45) is 10.7 Å². The Labute approximate surface area is 104 Å². The minimum Gasteiger partial charge on any atom is -0.383 e. The lowest BCUT2D eigenvalue weighted by Crippen LogP contribution is -2.14. The van der Waals surface area contributed by atoms with E-state index in [0.29, 0.717) is 15.2 Å². The highest BCUT2D eigenvalue weighted by Crippen LogP contribution is 2.10. The lowest BCUT2D eigenvalue weighted by Gasteiger charge is -2.01. The summed E-state index contributed by atoms with van der Waals surface area (Å²) in [6.45, 7) is 2.02. The highest BCUT2D eigenvalue weighted by molar-refractivity contribution is 8.23. The lowest BCUT2D eigenvalue weighted by molar-refractivity contribution is 1.53. The van der Waals surface area contributed by atoms with Crippen molar-refractivity contribution in [2.45, 2.75) is 6.92 Å². The van der Waals surface area contributed by atoms with Gasteiger partial charge in [0.2, 0.25) is 0 Å². The van der Waals surface area contributed by atoms with Gasteiger partial charge in [-0.05, 0) is 30.0 Å². The molecule has 1 aromatic carbocycles. The maximum atomic E-state index is 5.78. The van der Waals surface area contributed by atoms with Gasteiger partial charge in [-0.2, -0.15) is 0 Å². The molecule has 1 rings (SSSR count). The Bertz CT molecular complexity index is 374. The zero-order chi connectivity index (χ0) is 11.3. The number of nitrogens with zero attached hydrogens (tertiary/aromatic N) is 1. The second-order valence-corrected chi connectivity index (χ2v) is 5.04. The number of thiocarbonyl (C=S) groups is 1. The molecule has 0 saturated carbocycles. The van der Waals surface area contributed by atoms with Crippen LogP contribution in [0.15, 0.2) is 29.3 Å². The van der Waals surface area contributed by atoms with E-state index in [1.165, 1.54) is 11.8 Å². The van der Waals surface area contributed by atoms with Gasteiger partial charge < -0.3 is 5.73 Å². The van der Waals surface area contributed by atoms with Crippen LogP contribution >= 0.6 is 35.6 Å². The highest BCUT2D eigenvalue weighted by Gasteiger charge is 2.00. The zero-order valence-corrected chi connectivity index (χ0v) is 10.6. The third kappa shape index (κ3) is 4.20. The molecule has 5 heteroatoms. The predicted octanol–water partition coefficient (Wildman–Crippen LogP) is 3.08. The third-order valence-electron chi connectivity index (χ3n) is 1.62. The number of thioether (sulfide) groups is 1. The number of amidine groups is 1. The molecule has 15 heavy (non-hydrogen) atoms. The molecular weight excluding hydrogens is 248 g/mol. The van der Waals surface area contributed by atoms with Gasteiger partial charge in [-0.15, -0.1) is 0 Å². The molecule has 2 nitrogen and oxygen atoms in total. The second-order valence-electron chi connectivity index (χ2n) is 2.70. The molecule has 0 aliphatic carbocycles. The Hall–Kier alpha value is -0.580. The fraction of sp³-hybridized carbons (Fsp3) is 0.200. The van der Waals surface area contributed by atoms with Gasteiger partial charge in [0.1, 0.15) is 5.84 Å². The van der Waals surface area contributed by atoms with E-state index in [-0.39, 0.29) is 0 Å². The first-order valence-electron chi connectivity index (χ1n) is 4.40. The second kappa shape index (κ2) is 6.10. The van der Waals surface area contributed by atoms with Crippen LogP contribution in [0.3, 0.4) is 0 Å². The van der Waals surface area contributed by atoms with Crippen LogP contribution in [-0.2, 0) is 0 Å². The smallest absolute Gasteiger partial charge is 0.162 e. The van der Waals surface area contributed by atoms with Crippen LogP contribution in [0, 0.1) is 0 Å². The van der Waals surface area contributed by atoms with Crippen LogP contribution < -0.4 is 5.73 Å². The van der Waals surface area contributed by atoms with Crippen LogP contribution in [0.25, 0.3) is 0 Å². The average molecular weight is 259 g/mol. The van der Waals surface area contributed by atoms with Crippen molar-refractivity contribution in [3.63, 3.8) is 0 Å². The Balaban J connectivity index is 2.79. The quantitative estimate of drug-likeness (QED) is 0.503. The molecule has 0 aliphatic rings. The summed E-state index contributed by atoms with van der Waals surface area (Å²) >= 11 is 12.3. The van der Waals surface area contributed by atoms with Crippen molar-refractivity contribution in [1.82, 2.24) is 0 Å². The summed E-state index contributed by atoms with van der Waals surface area (Å²) in [5.74, 6) is 1.33. The minimum atomic E-state index is 0.428. The summed E-state index contributed by atoms with van der Waals surface area (Å²) < 4.78 is 0.560. The zero-order valence-electron chi connectivity index (χ0n) is 8.24. The Kier molecular flexibility index (Phi) is 5.08. The van der Waals surface area contributed by atoms with Gasteiger partial charge in [-0.1, -0.05) is 42.5 Å². The van der Waals surface area contributed by atoms with Gasteiger partial charge in [-0.3, -0.25) is 0 Å². The SMILES string of the molecule is CCSC(=S)N=C(N)c1ccc(Cl)cc1. The van der Waals surface area contributed by atoms with Crippen molar-refractivity contribution < 1.29 is 0 Å². The molecule has 0 unspecified atom stereocenters. The van der Waals surface area contributed by atoms with Gasteiger partial charge in [0.25, 0.3) is 0 Å². The number of aliphatic imine (C=N–C) groups is 1. The molecule has 80 valence electrons. The molecule has 0 aromatic heterocycles. The van der Waals surface area contributed by atoms with E-state index in [9.17, 15) is 0 Å². The lowest BCUT2D eigenvalue weighted by atomic mass is 10.2. The number of halogens is 1. The van der Waals surface area contributed by atoms with Gasteiger partial charge in [-0.25, -0.2) is 4.99 Å². The molecule has 0 radical (unpaired) electrons. The summed E-state index contributed by atoms with van der Waals surface area (Å²) in [6, 6.07) is 7.19. The number of benzene rings is 1. The van der Waals surface area contributed by atoms with E-state index in [4.69, 9.17) is 29.6 Å². The molecule has 0 aliphatic heterocycles. The normalized spacial score (nSPS) is 11.5. The summed E-state index contributed by atoms with van der Waals surface area (Å²) in [4.78, 5) is 4.11. The summed E-state index contributed by atoms with van der Waals surface area (Å²) in [5, 5.41) is 0.678. The number of hydrogen-bond acceptors (Lipinski definition) is 2. The van der Waals surface area contributed by atoms with Crippen LogP contribution in [-0.4, -0.2) is 15.9 Å². The molecule has 0 saturated heterocycles. The molecule has 0 spiro atoms.